The minimum atomic E-state index is -6.13. The summed E-state index contributed by atoms with van der Waals surface area (Å²) in [6.07, 6.45) is -50.5. The summed E-state index contributed by atoms with van der Waals surface area (Å²) in [4.78, 5) is 26.9. The van der Waals surface area contributed by atoms with Gasteiger partial charge in [0.1, 0.15) is 6.15 Å². The van der Waals surface area contributed by atoms with E-state index in [1.165, 1.54) is 17.0 Å². The molecule has 6 aromatic rings. The molecule has 0 saturated heterocycles. The highest BCUT2D eigenvalue weighted by atomic mass is 19.4. The smallest absolute Gasteiger partial charge is 0.289 e. The quantitative estimate of drug-likeness (QED) is 0.0627. The second kappa shape index (κ2) is 20.8. The number of nitrogens with zero attached hydrogens (tertiary/aromatic N) is 2. The maximum absolute atomic E-state index is 14.2. The number of alkyl halides is 25. The van der Waals surface area contributed by atoms with E-state index in [1.54, 1.807) is 30.5 Å². The van der Waals surface area contributed by atoms with Crippen molar-refractivity contribution in [2.24, 2.45) is 0 Å². The van der Waals surface area contributed by atoms with Crippen LogP contribution in [0.15, 0.2) is 122 Å². The largest absolute Gasteiger partial charge is 0.416 e. The second-order valence-electron chi connectivity index (χ2n) is 16.2. The molecule has 0 N–H and O–H groups in total. The van der Waals surface area contributed by atoms with Gasteiger partial charge in [0, 0.05) is 5.56 Å². The van der Waals surface area contributed by atoms with Crippen molar-refractivity contribution in [2.45, 2.75) is 56.0 Å². The summed E-state index contributed by atoms with van der Waals surface area (Å²) in [5.41, 5.74) is -29.6. The van der Waals surface area contributed by atoms with Crippen molar-refractivity contribution in [1.82, 2.24) is 4.98 Å². The van der Waals surface area contributed by atoms with Gasteiger partial charge in [-0.25, -0.2) is 9.37 Å². The Morgan fingerprint density at radius 2 is 0.658 bits per heavy atom. The molecule has 76 heavy (non-hydrogen) atoms. The number of rotatable bonds is 9. The van der Waals surface area contributed by atoms with Gasteiger partial charge in [-0.2, -0.15) is 132 Å². The number of Topliss-reactive ketones (excluding diaryl/α,β-unsaturated/α-hetero) is 2. The number of hydrogen-bond acceptors (Lipinski definition) is 3. The fourth-order valence-corrected chi connectivity index (χ4v) is 7.70. The average molecular weight is 1120 g/mol. The molecule has 0 saturated carbocycles. The molecular formula is C46H24BF25N2O2. The first-order valence-electron chi connectivity index (χ1n) is 20.3. The van der Waals surface area contributed by atoms with E-state index < -0.39 is 207 Å². The normalized spacial score (nSPS) is 13.3. The zero-order chi connectivity index (χ0) is 57.6. The van der Waals surface area contributed by atoms with E-state index in [1.807, 2.05) is 6.07 Å². The monoisotopic (exact) mass is 1120 g/mol. The van der Waals surface area contributed by atoms with Crippen LogP contribution in [0.5, 0.6) is 0 Å². The van der Waals surface area contributed by atoms with Crippen LogP contribution >= 0.6 is 0 Å². The number of halogens is 25. The lowest BCUT2D eigenvalue weighted by atomic mass is 9.12. The number of aromatic nitrogens is 2. The van der Waals surface area contributed by atoms with Gasteiger partial charge in [-0.1, -0.05) is 78.9 Å². The first kappa shape index (κ1) is 59.7. The van der Waals surface area contributed by atoms with Gasteiger partial charge in [0.25, 0.3) is 0 Å². The van der Waals surface area contributed by atoms with Crippen LogP contribution in [0.2, 0.25) is 0 Å². The maximum Gasteiger partial charge on any atom is 0.416 e. The standard InChI is InChI=1S/C32H12BF24.C14H12FN2O2/c34-25(35,36)13-1-14(26(37,38)39)6-21(5-13)33(22-7-15(27(40,41)42)2-16(8-22)28(43,44)45,23-9-17(29(46,47)48)3-18(10-23)30(49,50)51)24-11-19(31(52,53)54)4-20(12-24)32(55,56)57;15-8-13(18)12-9-17(7-6-16-12)10-14(19)11-4-2-1-3-5-11/h1-12H;1-7,9H,8,10H2/q-1;+1. The van der Waals surface area contributed by atoms with Gasteiger partial charge in [0.2, 0.25) is 18.1 Å². The van der Waals surface area contributed by atoms with Crippen molar-refractivity contribution in [3.63, 3.8) is 0 Å². The van der Waals surface area contributed by atoms with E-state index in [-0.39, 0.29) is 18.0 Å². The molecule has 0 unspecified atom stereocenters. The molecule has 0 bridgehead atoms. The lowest BCUT2D eigenvalue weighted by molar-refractivity contribution is -0.683. The fourth-order valence-electron chi connectivity index (χ4n) is 7.70. The molecule has 5 aromatic carbocycles. The van der Waals surface area contributed by atoms with Crippen LogP contribution < -0.4 is 26.4 Å². The molecule has 0 aliphatic carbocycles. The molecular weight excluding hydrogens is 1100 g/mol. The molecule has 0 radical (unpaired) electrons. The summed E-state index contributed by atoms with van der Waals surface area (Å²) in [6.45, 7) is -1.01. The number of carbonyl (C=O) groups is 2. The predicted octanol–water partition coefficient (Wildman–Crippen LogP) is 12.6. The zero-order valence-electron chi connectivity index (χ0n) is 36.7. The Hall–Kier alpha value is -7.17. The summed E-state index contributed by atoms with van der Waals surface area (Å²) in [5.74, 6) is -0.781. The van der Waals surface area contributed by atoms with Crippen molar-refractivity contribution in [3.05, 3.63) is 177 Å². The van der Waals surface area contributed by atoms with Gasteiger partial charge in [-0.05, 0) is 24.3 Å². The van der Waals surface area contributed by atoms with Crippen LogP contribution in [0.3, 0.4) is 0 Å². The Labute approximate surface area is 408 Å². The number of hydrogen-bond donors (Lipinski definition) is 0. The van der Waals surface area contributed by atoms with E-state index >= 15 is 0 Å². The summed E-state index contributed by atoms with van der Waals surface area (Å²) in [5, 5.41) is 0. The minimum absolute atomic E-state index is 0.0193. The molecule has 4 nitrogen and oxygen atoms in total. The SMILES string of the molecule is FC(F)(F)c1cc([B-](c2cc(C(F)(F)F)cc(C(F)(F)F)c2)(c2cc(C(F)(F)F)cc(C(F)(F)F)c2)c2cc(C(F)(F)F)cc(C(F)(F)F)c2)cc(C(F)(F)F)c1.O=C(C[n+]1ccnc(C(=O)CF)c1)c1ccccc1. The van der Waals surface area contributed by atoms with Gasteiger partial charge < -0.3 is 0 Å². The molecule has 0 spiro atoms. The highest BCUT2D eigenvalue weighted by molar-refractivity contribution is 7.20. The highest BCUT2D eigenvalue weighted by Crippen LogP contribution is 2.41. The van der Waals surface area contributed by atoms with Crippen LogP contribution in [0, 0.1) is 0 Å². The molecule has 1 heterocycles. The molecule has 0 aliphatic rings. The van der Waals surface area contributed by atoms with E-state index in [4.69, 9.17) is 0 Å². The molecule has 0 aliphatic heterocycles. The molecule has 408 valence electrons. The molecule has 1 aromatic heterocycles. The van der Waals surface area contributed by atoms with Gasteiger partial charge >= 0.3 is 49.4 Å². The Bertz CT molecular complexity index is 2660. The van der Waals surface area contributed by atoms with Crippen LogP contribution in [-0.2, 0) is 56.0 Å². The third-order valence-electron chi connectivity index (χ3n) is 11.0. The van der Waals surface area contributed by atoms with Crippen LogP contribution in [-0.4, -0.2) is 29.4 Å². The third-order valence-corrected chi connectivity index (χ3v) is 11.0. The molecule has 0 atom stereocenters. The lowest BCUT2D eigenvalue weighted by Crippen LogP contribution is -2.75. The van der Waals surface area contributed by atoms with Crippen LogP contribution in [0.4, 0.5) is 110 Å². The van der Waals surface area contributed by atoms with Gasteiger partial charge in [0.05, 0.1) is 50.7 Å². The van der Waals surface area contributed by atoms with Crippen molar-refractivity contribution in [1.29, 1.82) is 0 Å². The molecule has 6 rings (SSSR count). The number of ketones is 2. The zero-order valence-corrected chi connectivity index (χ0v) is 36.7. The van der Waals surface area contributed by atoms with Crippen LogP contribution in [0.1, 0.15) is 65.4 Å². The van der Waals surface area contributed by atoms with Crippen molar-refractivity contribution in [3.8, 4) is 0 Å². The summed E-state index contributed by atoms with van der Waals surface area (Å²) in [7, 11) is 0. The minimum Gasteiger partial charge on any atom is -0.289 e. The summed E-state index contributed by atoms with van der Waals surface area (Å²) >= 11 is 0. The predicted molar refractivity (Wildman–Crippen MR) is 216 cm³/mol. The maximum atomic E-state index is 14.2. The van der Waals surface area contributed by atoms with E-state index in [0.29, 0.717) is 5.56 Å². The Morgan fingerprint density at radius 1 is 0.395 bits per heavy atom. The van der Waals surface area contributed by atoms with E-state index in [9.17, 15) is 119 Å². The number of carbonyl (C=O) groups excluding carboxylic acids is 2. The second-order valence-corrected chi connectivity index (χ2v) is 16.2. The Morgan fingerprint density at radius 3 is 0.895 bits per heavy atom. The Balaban J connectivity index is 0.000000468. The Kier molecular flexibility index (Phi) is 16.3. The highest BCUT2D eigenvalue weighted by Gasteiger charge is 2.47. The molecule has 0 fully saturated rings. The fraction of sp³-hybridized carbons (Fsp3) is 0.217. The van der Waals surface area contributed by atoms with Crippen LogP contribution in [0.25, 0.3) is 0 Å². The van der Waals surface area contributed by atoms with Gasteiger partial charge in [-0.3, -0.25) is 9.59 Å². The van der Waals surface area contributed by atoms with Crippen molar-refractivity contribution >= 4 is 39.6 Å². The van der Waals surface area contributed by atoms with Gasteiger partial charge in [-0.15, -0.1) is 0 Å². The lowest BCUT2D eigenvalue weighted by Gasteiger charge is -2.46. The topological polar surface area (TPSA) is 50.9 Å². The third kappa shape index (κ3) is 13.8. The summed E-state index contributed by atoms with van der Waals surface area (Å²) < 4.78 is 355. The van der Waals surface area contributed by atoms with E-state index in [2.05, 4.69) is 4.98 Å². The number of benzene rings is 5. The van der Waals surface area contributed by atoms with Gasteiger partial charge in [0.15, 0.2) is 24.8 Å². The van der Waals surface area contributed by atoms with Crippen molar-refractivity contribution in [2.75, 3.05) is 6.67 Å². The summed E-state index contributed by atoms with van der Waals surface area (Å²) in [6, 6.07) is 0.0179. The molecule has 0 amide bonds. The van der Waals surface area contributed by atoms with E-state index in [0.717, 1.165) is 0 Å². The average Bonchev–Trinajstić information content (AvgIpc) is 3.29. The first-order chi connectivity index (χ1) is 34.5. The molecule has 30 heteroatoms. The first-order valence-corrected chi connectivity index (χ1v) is 20.3. The van der Waals surface area contributed by atoms with Crippen molar-refractivity contribution < 1.29 is 124 Å².